The van der Waals surface area contributed by atoms with Crippen LogP contribution in [0, 0.1) is 18.3 Å². The predicted molar refractivity (Wildman–Crippen MR) is 122 cm³/mol. The first-order valence-electron chi connectivity index (χ1n) is 9.93. The van der Waals surface area contributed by atoms with Gasteiger partial charge in [-0.05, 0) is 62.4 Å². The lowest BCUT2D eigenvalue weighted by Gasteiger charge is -2.13. The van der Waals surface area contributed by atoms with E-state index in [1.807, 2.05) is 6.92 Å². The summed E-state index contributed by atoms with van der Waals surface area (Å²) in [6.07, 6.45) is 3.87. The number of rotatable bonds is 5. The van der Waals surface area contributed by atoms with Crippen LogP contribution in [-0.2, 0) is 22.9 Å². The van der Waals surface area contributed by atoms with E-state index < -0.39 is 15.9 Å². The number of fused-ring (bicyclic) bond motifs is 1. The van der Waals surface area contributed by atoms with E-state index in [0.717, 1.165) is 41.7 Å². The predicted octanol–water partition coefficient (Wildman–Crippen LogP) is 4.86. The van der Waals surface area contributed by atoms with Crippen molar-refractivity contribution in [2.45, 2.75) is 37.5 Å². The fourth-order valence-electron chi connectivity index (χ4n) is 3.63. The van der Waals surface area contributed by atoms with Gasteiger partial charge in [-0.2, -0.15) is 5.26 Å². The average Bonchev–Trinajstić information content (AvgIpc) is 3.11. The third-order valence-corrected chi connectivity index (χ3v) is 7.85. The topological polar surface area (TPSA) is 99.1 Å². The minimum Gasteiger partial charge on any atom is -0.312 e. The molecule has 8 heteroatoms. The summed E-state index contributed by atoms with van der Waals surface area (Å²) in [5.41, 5.74) is 2.87. The van der Waals surface area contributed by atoms with E-state index in [1.165, 1.54) is 23.5 Å². The maximum atomic E-state index is 13.0. The first-order chi connectivity index (χ1) is 14.9. The molecule has 0 spiro atoms. The summed E-state index contributed by atoms with van der Waals surface area (Å²) in [7, 11) is -3.85. The number of aryl methyl sites for hydroxylation is 2. The van der Waals surface area contributed by atoms with E-state index >= 15 is 0 Å². The van der Waals surface area contributed by atoms with E-state index in [-0.39, 0.29) is 16.1 Å². The van der Waals surface area contributed by atoms with Crippen LogP contribution < -0.4 is 10.0 Å². The first-order valence-corrected chi connectivity index (χ1v) is 12.2. The third-order valence-electron chi connectivity index (χ3n) is 5.26. The van der Waals surface area contributed by atoms with E-state index in [9.17, 15) is 18.5 Å². The van der Waals surface area contributed by atoms with Crippen LogP contribution in [0.15, 0.2) is 53.4 Å². The fourth-order valence-corrected chi connectivity index (χ4v) is 5.95. The van der Waals surface area contributed by atoms with E-state index in [4.69, 9.17) is 0 Å². The largest absolute Gasteiger partial charge is 0.312 e. The Kier molecular flexibility index (Phi) is 5.81. The molecule has 1 aliphatic rings. The number of nitrogens with one attached hydrogen (secondary N) is 2. The second kappa shape index (κ2) is 8.53. The first kappa shape index (κ1) is 21.1. The summed E-state index contributed by atoms with van der Waals surface area (Å²) in [5.74, 6) is -0.461. The van der Waals surface area contributed by atoms with Crippen molar-refractivity contribution in [3.63, 3.8) is 0 Å². The van der Waals surface area contributed by atoms with Gasteiger partial charge in [0.15, 0.2) is 0 Å². The zero-order chi connectivity index (χ0) is 22.0. The molecule has 3 aromatic rings. The van der Waals surface area contributed by atoms with Crippen LogP contribution in [0.4, 0.5) is 10.7 Å². The molecule has 0 fully saturated rings. The van der Waals surface area contributed by atoms with Crippen molar-refractivity contribution in [1.82, 2.24) is 0 Å². The van der Waals surface area contributed by atoms with Crippen molar-refractivity contribution in [1.29, 1.82) is 5.26 Å². The quantitative estimate of drug-likeness (QED) is 0.579. The number of thiophene rings is 1. The highest BCUT2D eigenvalue weighted by molar-refractivity contribution is 7.92. The van der Waals surface area contributed by atoms with Crippen molar-refractivity contribution >= 4 is 38.0 Å². The molecule has 0 saturated carbocycles. The minimum absolute atomic E-state index is 0.117. The van der Waals surface area contributed by atoms with Gasteiger partial charge in [0, 0.05) is 4.88 Å². The van der Waals surface area contributed by atoms with Gasteiger partial charge in [0.25, 0.3) is 15.9 Å². The molecule has 1 amide bonds. The lowest BCUT2D eigenvalue weighted by Crippen LogP contribution is -2.18. The number of benzene rings is 2. The van der Waals surface area contributed by atoms with Crippen LogP contribution in [0.2, 0.25) is 0 Å². The van der Waals surface area contributed by atoms with Crippen molar-refractivity contribution in [2.75, 3.05) is 10.0 Å². The molecule has 158 valence electrons. The fraction of sp³-hybridized carbons (Fsp3) is 0.217. The highest BCUT2D eigenvalue weighted by Crippen LogP contribution is 2.38. The standard InChI is InChI=1S/C23H21N3O3S2/c1-15-10-12-16(13-11-15)31(28,29)26-20-8-4-2-7-18(20)22(27)25-23-19(14-24)17-6-3-5-9-21(17)30-23/h2,4,7-8,10-13,26H,3,5-6,9H2,1H3,(H,25,27). The molecule has 1 aliphatic carbocycles. The Morgan fingerprint density at radius 1 is 1.06 bits per heavy atom. The second-order valence-electron chi connectivity index (χ2n) is 7.45. The van der Waals surface area contributed by atoms with Gasteiger partial charge in [0.1, 0.15) is 11.1 Å². The molecule has 0 bridgehead atoms. The van der Waals surface area contributed by atoms with Crippen LogP contribution >= 0.6 is 11.3 Å². The molecule has 31 heavy (non-hydrogen) atoms. The SMILES string of the molecule is Cc1ccc(S(=O)(=O)Nc2ccccc2C(=O)Nc2sc3c(c2C#N)CCCC3)cc1. The maximum Gasteiger partial charge on any atom is 0.261 e. The second-order valence-corrected chi connectivity index (χ2v) is 10.2. The van der Waals surface area contributed by atoms with E-state index in [0.29, 0.717) is 10.6 Å². The highest BCUT2D eigenvalue weighted by Gasteiger charge is 2.24. The van der Waals surface area contributed by atoms with Gasteiger partial charge in [0.2, 0.25) is 0 Å². The smallest absolute Gasteiger partial charge is 0.261 e. The highest BCUT2D eigenvalue weighted by atomic mass is 32.2. The molecule has 6 nitrogen and oxygen atoms in total. The molecule has 0 radical (unpaired) electrons. The van der Waals surface area contributed by atoms with Crippen molar-refractivity contribution in [3.05, 3.63) is 75.7 Å². The van der Waals surface area contributed by atoms with Crippen molar-refractivity contribution < 1.29 is 13.2 Å². The Labute approximate surface area is 185 Å². The molecular formula is C23H21N3O3S2. The number of nitrogens with zero attached hydrogens (tertiary/aromatic N) is 1. The number of hydrogen-bond acceptors (Lipinski definition) is 5. The number of hydrogen-bond donors (Lipinski definition) is 2. The Morgan fingerprint density at radius 2 is 1.77 bits per heavy atom. The van der Waals surface area contributed by atoms with Gasteiger partial charge >= 0.3 is 0 Å². The number of anilines is 2. The van der Waals surface area contributed by atoms with Crippen LogP contribution in [0.3, 0.4) is 0 Å². The van der Waals surface area contributed by atoms with Gasteiger partial charge in [-0.3, -0.25) is 9.52 Å². The van der Waals surface area contributed by atoms with Crippen LogP contribution in [-0.4, -0.2) is 14.3 Å². The Morgan fingerprint density at radius 3 is 2.52 bits per heavy atom. The molecule has 0 saturated heterocycles. The van der Waals surface area contributed by atoms with Gasteiger partial charge < -0.3 is 5.32 Å². The summed E-state index contributed by atoms with van der Waals surface area (Å²) >= 11 is 1.43. The van der Waals surface area contributed by atoms with Crippen LogP contribution in [0.25, 0.3) is 0 Å². The van der Waals surface area contributed by atoms with E-state index in [2.05, 4.69) is 16.1 Å². The van der Waals surface area contributed by atoms with Gasteiger partial charge in [-0.15, -0.1) is 11.3 Å². The Balaban J connectivity index is 1.62. The molecule has 0 aliphatic heterocycles. The number of para-hydroxylation sites is 1. The number of sulfonamides is 1. The maximum absolute atomic E-state index is 13.0. The van der Waals surface area contributed by atoms with Crippen molar-refractivity contribution in [2.24, 2.45) is 0 Å². The zero-order valence-corrected chi connectivity index (χ0v) is 18.6. The Bertz CT molecular complexity index is 1290. The number of nitriles is 1. The molecule has 1 heterocycles. The molecule has 1 aromatic heterocycles. The monoisotopic (exact) mass is 451 g/mol. The molecule has 2 N–H and O–H groups in total. The van der Waals surface area contributed by atoms with Gasteiger partial charge in [-0.1, -0.05) is 29.8 Å². The lowest BCUT2D eigenvalue weighted by molar-refractivity contribution is 0.102. The van der Waals surface area contributed by atoms with Crippen molar-refractivity contribution in [3.8, 4) is 6.07 Å². The summed E-state index contributed by atoms with van der Waals surface area (Å²) in [4.78, 5) is 14.3. The average molecular weight is 452 g/mol. The normalized spacial score (nSPS) is 13.2. The molecule has 4 rings (SSSR count). The number of carbonyl (C=O) groups excluding carboxylic acids is 1. The number of carbonyl (C=O) groups is 1. The molecular weight excluding hydrogens is 430 g/mol. The number of amides is 1. The van der Waals surface area contributed by atoms with Crippen LogP contribution in [0.5, 0.6) is 0 Å². The third kappa shape index (κ3) is 4.33. The molecule has 2 aromatic carbocycles. The summed E-state index contributed by atoms with van der Waals surface area (Å²) < 4.78 is 28.1. The van der Waals surface area contributed by atoms with E-state index in [1.54, 1.807) is 36.4 Å². The summed E-state index contributed by atoms with van der Waals surface area (Å²) in [6, 6.07) is 15.1. The summed E-state index contributed by atoms with van der Waals surface area (Å²) in [5, 5.41) is 13.0. The van der Waals surface area contributed by atoms with Gasteiger partial charge in [0.05, 0.1) is 21.7 Å². The Hall–Kier alpha value is -3.15. The molecule has 0 unspecified atom stereocenters. The van der Waals surface area contributed by atoms with Gasteiger partial charge in [-0.25, -0.2) is 8.42 Å². The summed E-state index contributed by atoms with van der Waals surface area (Å²) in [6.45, 7) is 1.88. The zero-order valence-electron chi connectivity index (χ0n) is 16.9. The molecule has 0 atom stereocenters. The minimum atomic E-state index is -3.85. The lowest BCUT2D eigenvalue weighted by atomic mass is 9.96. The van der Waals surface area contributed by atoms with Crippen LogP contribution in [0.1, 0.15) is 44.8 Å².